The van der Waals surface area contributed by atoms with Crippen molar-refractivity contribution in [1.82, 2.24) is 14.3 Å². The van der Waals surface area contributed by atoms with Crippen LogP contribution < -0.4 is 5.32 Å². The fourth-order valence-corrected chi connectivity index (χ4v) is 4.69. The molecular weight excluding hydrogens is 340 g/mol. The normalized spacial score (nSPS) is 18.6. The van der Waals surface area contributed by atoms with E-state index in [1.807, 2.05) is 0 Å². The molecule has 1 N–H and O–H groups in total. The molecule has 2 aromatic rings. The third-order valence-electron chi connectivity index (χ3n) is 4.16. The van der Waals surface area contributed by atoms with Gasteiger partial charge in [-0.25, -0.2) is 18.4 Å². The lowest BCUT2D eigenvalue weighted by Gasteiger charge is -2.34. The molecular formula is C17H20N4O3S. The van der Waals surface area contributed by atoms with Crippen molar-refractivity contribution in [2.75, 3.05) is 11.9 Å². The second kappa shape index (κ2) is 7.71. The SMILES string of the molecule is O=C(CC1CCCCN1S(=O)(=O)c1ccccc1)Nc1ncccn1. The van der Waals surface area contributed by atoms with Gasteiger partial charge in [-0.15, -0.1) is 0 Å². The summed E-state index contributed by atoms with van der Waals surface area (Å²) in [5, 5.41) is 2.62. The Morgan fingerprint density at radius 3 is 2.56 bits per heavy atom. The van der Waals surface area contributed by atoms with Crippen LogP contribution in [-0.2, 0) is 14.8 Å². The molecule has 0 aliphatic carbocycles. The van der Waals surface area contributed by atoms with Crippen LogP contribution in [0.1, 0.15) is 25.7 Å². The van der Waals surface area contributed by atoms with Gasteiger partial charge >= 0.3 is 0 Å². The molecule has 1 aliphatic rings. The molecule has 132 valence electrons. The lowest BCUT2D eigenvalue weighted by molar-refractivity contribution is -0.117. The van der Waals surface area contributed by atoms with Crippen LogP contribution in [0.15, 0.2) is 53.7 Å². The molecule has 1 atom stereocenters. The number of carbonyl (C=O) groups excluding carboxylic acids is 1. The number of sulfonamides is 1. The number of nitrogens with one attached hydrogen (secondary N) is 1. The Labute approximate surface area is 147 Å². The average Bonchev–Trinajstić information content (AvgIpc) is 2.63. The Hall–Kier alpha value is -2.32. The zero-order valence-corrected chi connectivity index (χ0v) is 14.5. The molecule has 0 spiro atoms. The monoisotopic (exact) mass is 360 g/mol. The quantitative estimate of drug-likeness (QED) is 0.881. The van der Waals surface area contributed by atoms with E-state index in [0.29, 0.717) is 13.0 Å². The van der Waals surface area contributed by atoms with Crippen molar-refractivity contribution in [2.45, 2.75) is 36.6 Å². The maximum atomic E-state index is 12.9. The van der Waals surface area contributed by atoms with Crippen LogP contribution in [0.25, 0.3) is 0 Å². The van der Waals surface area contributed by atoms with Gasteiger partial charge < -0.3 is 0 Å². The number of carbonyl (C=O) groups is 1. The number of anilines is 1. The van der Waals surface area contributed by atoms with E-state index in [4.69, 9.17) is 0 Å². The van der Waals surface area contributed by atoms with E-state index < -0.39 is 10.0 Å². The Morgan fingerprint density at radius 2 is 1.84 bits per heavy atom. The van der Waals surface area contributed by atoms with E-state index in [2.05, 4.69) is 15.3 Å². The molecule has 1 fully saturated rings. The van der Waals surface area contributed by atoms with Crippen LogP contribution in [0.3, 0.4) is 0 Å². The smallest absolute Gasteiger partial charge is 0.243 e. The molecule has 1 aliphatic heterocycles. The van der Waals surface area contributed by atoms with Gasteiger partial charge in [0.2, 0.25) is 21.9 Å². The van der Waals surface area contributed by atoms with Crippen LogP contribution in [0.4, 0.5) is 5.95 Å². The molecule has 8 heteroatoms. The number of hydrogen-bond acceptors (Lipinski definition) is 5. The summed E-state index contributed by atoms with van der Waals surface area (Å²) < 4.78 is 27.3. The van der Waals surface area contributed by atoms with E-state index >= 15 is 0 Å². The molecule has 0 radical (unpaired) electrons. The molecule has 0 saturated carbocycles. The molecule has 3 rings (SSSR count). The summed E-state index contributed by atoms with van der Waals surface area (Å²) in [5.74, 6) is -0.0628. The van der Waals surface area contributed by atoms with Crippen LogP contribution in [0, 0.1) is 0 Å². The van der Waals surface area contributed by atoms with Gasteiger partial charge in [0, 0.05) is 31.4 Å². The van der Waals surface area contributed by atoms with Crippen molar-refractivity contribution < 1.29 is 13.2 Å². The Kier molecular flexibility index (Phi) is 5.40. The number of piperidine rings is 1. The van der Waals surface area contributed by atoms with Gasteiger partial charge in [-0.3, -0.25) is 10.1 Å². The first kappa shape index (κ1) is 17.5. The summed E-state index contributed by atoms with van der Waals surface area (Å²) in [4.78, 5) is 20.4. The number of nitrogens with zero attached hydrogens (tertiary/aromatic N) is 3. The predicted octanol–water partition coefficient (Wildman–Crippen LogP) is 2.05. The minimum Gasteiger partial charge on any atom is -0.294 e. The predicted molar refractivity (Wildman–Crippen MR) is 93.3 cm³/mol. The van der Waals surface area contributed by atoms with Gasteiger partial charge in [-0.2, -0.15) is 4.31 Å². The lowest BCUT2D eigenvalue weighted by atomic mass is 10.0. The Morgan fingerprint density at radius 1 is 1.12 bits per heavy atom. The first-order chi connectivity index (χ1) is 12.1. The molecule has 1 aromatic carbocycles. The summed E-state index contributed by atoms with van der Waals surface area (Å²) >= 11 is 0. The first-order valence-electron chi connectivity index (χ1n) is 8.21. The fourth-order valence-electron chi connectivity index (χ4n) is 2.98. The summed E-state index contributed by atoms with van der Waals surface area (Å²) in [7, 11) is -3.61. The number of hydrogen-bond donors (Lipinski definition) is 1. The minimum atomic E-state index is -3.61. The highest BCUT2D eigenvalue weighted by Crippen LogP contribution is 2.27. The van der Waals surface area contributed by atoms with Gasteiger partial charge in [-0.05, 0) is 31.0 Å². The van der Waals surface area contributed by atoms with Crippen LogP contribution in [0.5, 0.6) is 0 Å². The van der Waals surface area contributed by atoms with Gasteiger partial charge in [-0.1, -0.05) is 24.6 Å². The number of amides is 1. The average molecular weight is 360 g/mol. The van der Waals surface area contributed by atoms with Crippen molar-refractivity contribution >= 4 is 21.9 Å². The highest BCUT2D eigenvalue weighted by Gasteiger charge is 2.34. The Balaban J connectivity index is 1.74. The van der Waals surface area contributed by atoms with E-state index in [-0.39, 0.29) is 29.2 Å². The minimum absolute atomic E-state index is 0.0876. The van der Waals surface area contributed by atoms with E-state index in [9.17, 15) is 13.2 Å². The third kappa shape index (κ3) is 4.21. The molecule has 1 aromatic heterocycles. The molecule has 0 bridgehead atoms. The van der Waals surface area contributed by atoms with Gasteiger partial charge in [0.1, 0.15) is 0 Å². The zero-order chi connectivity index (χ0) is 17.7. The second-order valence-corrected chi connectivity index (χ2v) is 7.79. The van der Waals surface area contributed by atoms with Crippen molar-refractivity contribution in [3.05, 3.63) is 48.8 Å². The lowest BCUT2D eigenvalue weighted by Crippen LogP contribution is -2.45. The topological polar surface area (TPSA) is 92.3 Å². The maximum Gasteiger partial charge on any atom is 0.243 e. The van der Waals surface area contributed by atoms with E-state index in [0.717, 1.165) is 12.8 Å². The van der Waals surface area contributed by atoms with Crippen molar-refractivity contribution in [2.24, 2.45) is 0 Å². The number of rotatable bonds is 5. The van der Waals surface area contributed by atoms with Crippen molar-refractivity contribution in [1.29, 1.82) is 0 Å². The highest BCUT2D eigenvalue weighted by atomic mass is 32.2. The molecule has 1 saturated heterocycles. The van der Waals surface area contributed by atoms with E-state index in [1.54, 1.807) is 36.4 Å². The second-order valence-electron chi connectivity index (χ2n) is 5.90. The molecule has 25 heavy (non-hydrogen) atoms. The van der Waals surface area contributed by atoms with Gasteiger partial charge in [0.05, 0.1) is 4.90 Å². The van der Waals surface area contributed by atoms with Crippen LogP contribution >= 0.6 is 0 Å². The maximum absolute atomic E-state index is 12.9. The summed E-state index contributed by atoms with van der Waals surface area (Å²) in [6, 6.07) is 9.64. The summed E-state index contributed by atoms with van der Waals surface area (Å²) in [5.41, 5.74) is 0. The largest absolute Gasteiger partial charge is 0.294 e. The number of benzene rings is 1. The van der Waals surface area contributed by atoms with Crippen molar-refractivity contribution in [3.63, 3.8) is 0 Å². The highest BCUT2D eigenvalue weighted by molar-refractivity contribution is 7.89. The first-order valence-corrected chi connectivity index (χ1v) is 9.65. The molecule has 7 nitrogen and oxygen atoms in total. The summed E-state index contributed by atoms with van der Waals surface area (Å²) in [6.07, 6.45) is 5.52. The Bertz CT molecular complexity index is 812. The molecule has 1 amide bonds. The standard InChI is InChI=1S/C17H20N4O3S/c22-16(20-17-18-10-6-11-19-17)13-14-7-4-5-12-21(14)25(23,24)15-8-2-1-3-9-15/h1-3,6,8-11,14H,4-5,7,12-13H2,(H,18,19,20,22). The van der Waals surface area contributed by atoms with E-state index in [1.165, 1.54) is 16.7 Å². The van der Waals surface area contributed by atoms with Crippen LogP contribution in [0.2, 0.25) is 0 Å². The molecule has 2 heterocycles. The van der Waals surface area contributed by atoms with Gasteiger partial charge in [0.25, 0.3) is 0 Å². The third-order valence-corrected chi connectivity index (χ3v) is 6.13. The molecule has 1 unspecified atom stereocenters. The number of aromatic nitrogens is 2. The van der Waals surface area contributed by atoms with Crippen LogP contribution in [-0.4, -0.2) is 41.2 Å². The van der Waals surface area contributed by atoms with Crippen molar-refractivity contribution in [3.8, 4) is 0 Å². The fraction of sp³-hybridized carbons (Fsp3) is 0.353. The zero-order valence-electron chi connectivity index (χ0n) is 13.7. The summed E-state index contributed by atoms with van der Waals surface area (Å²) in [6.45, 7) is 0.428. The van der Waals surface area contributed by atoms with Gasteiger partial charge in [0.15, 0.2) is 0 Å².